The summed E-state index contributed by atoms with van der Waals surface area (Å²) in [6.45, 7) is 5.37. The van der Waals surface area contributed by atoms with E-state index in [4.69, 9.17) is 14.9 Å². The lowest BCUT2D eigenvalue weighted by Crippen LogP contribution is -2.29. The summed E-state index contributed by atoms with van der Waals surface area (Å²) in [5, 5.41) is 13.0. The van der Waals surface area contributed by atoms with E-state index in [1.807, 2.05) is 0 Å². The molecule has 0 saturated heterocycles. The summed E-state index contributed by atoms with van der Waals surface area (Å²) in [4.78, 5) is 22.8. The largest absolute Gasteiger partial charge is 0.453 e. The third-order valence-electron chi connectivity index (χ3n) is 3.42. The number of carbonyl (C=O) groups is 2. The Balaban J connectivity index is 1.88. The summed E-state index contributed by atoms with van der Waals surface area (Å²) in [5.74, 6) is 0.705. The van der Waals surface area contributed by atoms with Gasteiger partial charge in [-0.05, 0) is 45.4 Å². The molecule has 10 nitrogen and oxygen atoms in total. The number of amides is 2. The first-order chi connectivity index (χ1) is 13.7. The highest BCUT2D eigenvalue weighted by Gasteiger charge is 2.15. The number of methoxy groups -OCH3 is 1. The van der Waals surface area contributed by atoms with E-state index in [2.05, 4.69) is 25.6 Å². The fourth-order valence-electron chi connectivity index (χ4n) is 2.19. The fourth-order valence-corrected chi connectivity index (χ4v) is 2.19. The zero-order valence-corrected chi connectivity index (χ0v) is 16.8. The Morgan fingerprint density at radius 1 is 1.24 bits per heavy atom. The van der Waals surface area contributed by atoms with Crippen LogP contribution in [0.15, 0.2) is 34.9 Å². The predicted molar refractivity (Wildman–Crippen MR) is 107 cm³/mol. The molecule has 0 saturated carbocycles. The van der Waals surface area contributed by atoms with E-state index in [9.17, 15) is 9.59 Å². The second-order valence-electron chi connectivity index (χ2n) is 7.01. The molecule has 0 aliphatic heterocycles. The van der Waals surface area contributed by atoms with Crippen molar-refractivity contribution in [1.29, 1.82) is 0 Å². The van der Waals surface area contributed by atoms with Crippen molar-refractivity contribution >= 4 is 23.6 Å². The number of hydrogen-bond acceptors (Lipinski definition) is 8. The smallest absolute Gasteiger partial charge is 0.411 e. The maximum Gasteiger partial charge on any atom is 0.411 e. The quantitative estimate of drug-likeness (QED) is 0.623. The van der Waals surface area contributed by atoms with E-state index in [-0.39, 0.29) is 5.89 Å². The van der Waals surface area contributed by atoms with E-state index in [0.29, 0.717) is 35.7 Å². The molecule has 2 amide bonds. The molecule has 1 aromatic carbocycles. The number of aromatic nitrogens is 2. The van der Waals surface area contributed by atoms with Crippen molar-refractivity contribution in [1.82, 2.24) is 15.5 Å². The van der Waals surface area contributed by atoms with Crippen LogP contribution < -0.4 is 16.4 Å². The SMILES string of the molecule is COC(=O)Nc1ccc(-c2nnc(CCC=CNC(=O)OC(C)(C)C)o2)c(N)c1. The van der Waals surface area contributed by atoms with Crippen LogP contribution in [0.3, 0.4) is 0 Å². The summed E-state index contributed by atoms with van der Waals surface area (Å²) in [5.41, 5.74) is 6.87. The molecule has 1 aromatic heterocycles. The Bertz CT molecular complexity index is 885. The first-order valence-corrected chi connectivity index (χ1v) is 8.89. The molecule has 2 aromatic rings. The molecule has 0 aliphatic rings. The van der Waals surface area contributed by atoms with Gasteiger partial charge >= 0.3 is 12.2 Å². The van der Waals surface area contributed by atoms with E-state index in [1.165, 1.54) is 13.3 Å². The van der Waals surface area contributed by atoms with Gasteiger partial charge in [-0.25, -0.2) is 9.59 Å². The van der Waals surface area contributed by atoms with Crippen LogP contribution in [0.2, 0.25) is 0 Å². The standard InChI is InChI=1S/C19H25N5O5/c1-19(2,3)29-17(25)21-10-6-5-7-15-23-24-16(28-15)13-9-8-12(11-14(13)20)22-18(26)27-4/h6,8-11H,5,7,20H2,1-4H3,(H,21,25)(H,22,26). The van der Waals surface area contributed by atoms with Gasteiger partial charge in [0, 0.05) is 24.0 Å². The monoisotopic (exact) mass is 403 g/mol. The van der Waals surface area contributed by atoms with Crippen LogP contribution >= 0.6 is 0 Å². The van der Waals surface area contributed by atoms with E-state index >= 15 is 0 Å². The van der Waals surface area contributed by atoms with Crippen molar-refractivity contribution < 1.29 is 23.5 Å². The topological polar surface area (TPSA) is 142 Å². The lowest BCUT2D eigenvalue weighted by Gasteiger charge is -2.18. The summed E-state index contributed by atoms with van der Waals surface area (Å²) >= 11 is 0. The van der Waals surface area contributed by atoms with Crippen LogP contribution in [0, 0.1) is 0 Å². The molecule has 10 heteroatoms. The number of aryl methyl sites for hydroxylation is 1. The Kier molecular flexibility index (Phi) is 7.18. The normalized spacial score (nSPS) is 11.3. The van der Waals surface area contributed by atoms with E-state index in [1.54, 1.807) is 45.0 Å². The Labute approximate surface area is 168 Å². The molecule has 0 atom stereocenters. The predicted octanol–water partition coefficient (Wildman–Crippen LogP) is 3.47. The zero-order chi connectivity index (χ0) is 21.4. The molecule has 156 valence electrons. The highest BCUT2D eigenvalue weighted by atomic mass is 16.6. The van der Waals surface area contributed by atoms with Crippen molar-refractivity contribution in [2.75, 3.05) is 18.2 Å². The molecule has 29 heavy (non-hydrogen) atoms. The first-order valence-electron chi connectivity index (χ1n) is 8.89. The number of anilines is 2. The third-order valence-corrected chi connectivity index (χ3v) is 3.42. The number of hydrogen-bond donors (Lipinski definition) is 3. The number of nitrogens with one attached hydrogen (secondary N) is 2. The number of benzene rings is 1. The van der Waals surface area contributed by atoms with Gasteiger partial charge in [-0.3, -0.25) is 10.6 Å². The van der Waals surface area contributed by atoms with Crippen molar-refractivity contribution in [2.45, 2.75) is 39.2 Å². The minimum Gasteiger partial charge on any atom is -0.453 e. The molecular weight excluding hydrogens is 378 g/mol. The Hall–Kier alpha value is -3.56. The zero-order valence-electron chi connectivity index (χ0n) is 16.8. The number of nitrogens with zero attached hydrogens (tertiary/aromatic N) is 2. The van der Waals surface area contributed by atoms with Crippen LogP contribution in [-0.2, 0) is 15.9 Å². The summed E-state index contributed by atoms with van der Waals surface area (Å²) in [6, 6.07) is 4.89. The van der Waals surface area contributed by atoms with Gasteiger partial charge in [0.2, 0.25) is 11.8 Å². The van der Waals surface area contributed by atoms with Gasteiger partial charge in [-0.15, -0.1) is 10.2 Å². The molecule has 0 bridgehead atoms. The molecule has 0 fully saturated rings. The van der Waals surface area contributed by atoms with Crippen LogP contribution in [0.5, 0.6) is 0 Å². The summed E-state index contributed by atoms with van der Waals surface area (Å²) in [7, 11) is 1.27. The van der Waals surface area contributed by atoms with Crippen LogP contribution in [0.4, 0.5) is 21.0 Å². The fraction of sp³-hybridized carbons (Fsp3) is 0.368. The molecule has 1 heterocycles. The van der Waals surface area contributed by atoms with Gasteiger partial charge in [0.05, 0.1) is 12.7 Å². The van der Waals surface area contributed by atoms with Crippen molar-refractivity contribution in [3.05, 3.63) is 36.4 Å². The molecule has 2 rings (SSSR count). The van der Waals surface area contributed by atoms with Gasteiger partial charge in [-0.1, -0.05) is 6.08 Å². The van der Waals surface area contributed by atoms with E-state index in [0.717, 1.165) is 0 Å². The van der Waals surface area contributed by atoms with Gasteiger partial charge in [0.25, 0.3) is 0 Å². The maximum atomic E-state index is 11.5. The number of allylic oxidation sites excluding steroid dienone is 1. The third kappa shape index (κ3) is 7.17. The number of rotatable bonds is 6. The molecule has 0 radical (unpaired) electrons. The summed E-state index contributed by atoms with van der Waals surface area (Å²) in [6.07, 6.45) is 3.23. The average Bonchev–Trinajstić information content (AvgIpc) is 3.08. The molecular formula is C19H25N5O5. The molecule has 0 spiro atoms. The minimum absolute atomic E-state index is 0.276. The highest BCUT2D eigenvalue weighted by molar-refractivity contribution is 5.87. The number of nitrogen functional groups attached to an aromatic ring is 1. The lowest BCUT2D eigenvalue weighted by molar-refractivity contribution is 0.0552. The van der Waals surface area contributed by atoms with Crippen molar-refractivity contribution in [3.63, 3.8) is 0 Å². The first kappa shape index (κ1) is 21.7. The number of alkyl carbamates (subject to hydrolysis) is 1. The number of carbonyl (C=O) groups excluding carboxylic acids is 2. The number of ether oxygens (including phenoxy) is 2. The van der Waals surface area contributed by atoms with Crippen LogP contribution in [0.1, 0.15) is 33.1 Å². The van der Waals surface area contributed by atoms with Gasteiger partial charge in [0.15, 0.2) is 0 Å². The Morgan fingerprint density at radius 2 is 2.00 bits per heavy atom. The van der Waals surface area contributed by atoms with Crippen LogP contribution in [0.25, 0.3) is 11.5 Å². The second-order valence-corrected chi connectivity index (χ2v) is 7.01. The Morgan fingerprint density at radius 3 is 2.66 bits per heavy atom. The minimum atomic E-state index is -0.591. The van der Waals surface area contributed by atoms with Gasteiger partial charge < -0.3 is 19.6 Å². The molecule has 0 unspecified atom stereocenters. The average molecular weight is 403 g/mol. The van der Waals surface area contributed by atoms with E-state index < -0.39 is 17.8 Å². The lowest BCUT2D eigenvalue weighted by atomic mass is 10.1. The molecule has 0 aliphatic carbocycles. The number of nitrogens with two attached hydrogens (primary N) is 1. The summed E-state index contributed by atoms with van der Waals surface area (Å²) < 4.78 is 15.3. The van der Waals surface area contributed by atoms with Gasteiger partial charge in [0.1, 0.15) is 5.60 Å². The van der Waals surface area contributed by atoms with Crippen molar-refractivity contribution in [3.8, 4) is 11.5 Å². The van der Waals surface area contributed by atoms with Crippen LogP contribution in [-0.4, -0.2) is 35.1 Å². The second kappa shape index (κ2) is 9.58. The molecule has 4 N–H and O–H groups in total. The van der Waals surface area contributed by atoms with Crippen molar-refractivity contribution in [2.24, 2.45) is 0 Å². The highest BCUT2D eigenvalue weighted by Crippen LogP contribution is 2.27. The maximum absolute atomic E-state index is 11.5. The van der Waals surface area contributed by atoms with Gasteiger partial charge in [-0.2, -0.15) is 0 Å².